The molecule has 1 amide bonds. The van der Waals surface area contributed by atoms with Crippen molar-refractivity contribution in [2.45, 2.75) is 25.0 Å². The van der Waals surface area contributed by atoms with Gasteiger partial charge in [-0.25, -0.2) is 4.39 Å². The number of hydrogen-bond donors (Lipinski definition) is 2. The molecule has 3 unspecified atom stereocenters. The van der Waals surface area contributed by atoms with Crippen LogP contribution in [0.2, 0.25) is 0 Å². The minimum absolute atomic E-state index is 0.142. The highest BCUT2D eigenvalue weighted by molar-refractivity contribution is 5.81. The van der Waals surface area contributed by atoms with Crippen LogP contribution < -0.4 is 11.1 Å². The molecule has 0 aliphatic carbocycles. The molecule has 1 heterocycles. The van der Waals surface area contributed by atoms with Crippen molar-refractivity contribution in [3.8, 4) is 0 Å². The molecule has 0 saturated carbocycles. The molecule has 1 fully saturated rings. The number of nitrogens with two attached hydrogens (primary N) is 1. The maximum Gasteiger partial charge on any atom is 0.239 e. The second kappa shape index (κ2) is 6.98. The van der Waals surface area contributed by atoms with E-state index in [1.165, 1.54) is 6.07 Å². The molecule has 6 heteroatoms. The van der Waals surface area contributed by atoms with E-state index in [1.807, 2.05) is 11.8 Å². The third kappa shape index (κ3) is 3.40. The van der Waals surface area contributed by atoms with Crippen LogP contribution in [0.1, 0.15) is 18.5 Å². The molecule has 0 radical (unpaired) electrons. The first-order valence-electron chi connectivity index (χ1n) is 7.11. The van der Waals surface area contributed by atoms with Crippen LogP contribution in [0.25, 0.3) is 0 Å². The van der Waals surface area contributed by atoms with Crippen molar-refractivity contribution in [1.82, 2.24) is 10.2 Å². The number of nitrogens with one attached hydrogen (secondary N) is 1. The largest absolute Gasteiger partial charge is 0.378 e. The minimum Gasteiger partial charge on any atom is -0.378 e. The Morgan fingerprint density at radius 1 is 1.52 bits per heavy atom. The molecule has 1 aliphatic rings. The summed E-state index contributed by atoms with van der Waals surface area (Å²) in [5, 5.41) is 2.63. The average molecular weight is 295 g/mol. The summed E-state index contributed by atoms with van der Waals surface area (Å²) < 4.78 is 19.5. The predicted molar refractivity (Wildman–Crippen MR) is 78.2 cm³/mol. The van der Waals surface area contributed by atoms with Gasteiger partial charge in [0.15, 0.2) is 0 Å². The number of amides is 1. The van der Waals surface area contributed by atoms with Crippen molar-refractivity contribution in [1.29, 1.82) is 0 Å². The van der Waals surface area contributed by atoms with Crippen LogP contribution in [0.3, 0.4) is 0 Å². The highest BCUT2D eigenvalue weighted by atomic mass is 19.1. The highest BCUT2D eigenvalue weighted by Crippen LogP contribution is 2.29. The van der Waals surface area contributed by atoms with Gasteiger partial charge in [0, 0.05) is 25.2 Å². The molecule has 2 rings (SSSR count). The molecule has 3 atom stereocenters. The lowest BCUT2D eigenvalue weighted by atomic mass is 9.96. The first-order valence-corrected chi connectivity index (χ1v) is 7.11. The zero-order chi connectivity index (χ0) is 15.4. The van der Waals surface area contributed by atoms with E-state index >= 15 is 0 Å². The third-order valence-electron chi connectivity index (χ3n) is 3.80. The summed E-state index contributed by atoms with van der Waals surface area (Å²) in [5.41, 5.74) is 6.61. The van der Waals surface area contributed by atoms with Gasteiger partial charge >= 0.3 is 0 Å². The minimum atomic E-state index is -0.459. The summed E-state index contributed by atoms with van der Waals surface area (Å²) in [7, 11) is 1.58. The van der Waals surface area contributed by atoms with Crippen molar-refractivity contribution >= 4 is 5.91 Å². The predicted octanol–water partition coefficient (Wildman–Crippen LogP) is 0.661. The average Bonchev–Trinajstić information content (AvgIpc) is 2.49. The van der Waals surface area contributed by atoms with Crippen molar-refractivity contribution < 1.29 is 13.9 Å². The zero-order valence-corrected chi connectivity index (χ0v) is 12.4. The van der Waals surface area contributed by atoms with Gasteiger partial charge in [0.25, 0.3) is 0 Å². The van der Waals surface area contributed by atoms with Crippen LogP contribution in [0.4, 0.5) is 4.39 Å². The quantitative estimate of drug-likeness (QED) is 0.856. The summed E-state index contributed by atoms with van der Waals surface area (Å²) in [5.74, 6) is -0.446. The molecule has 21 heavy (non-hydrogen) atoms. The smallest absolute Gasteiger partial charge is 0.239 e. The van der Waals surface area contributed by atoms with Crippen molar-refractivity contribution in [3.05, 3.63) is 35.6 Å². The molecule has 1 aromatic carbocycles. The molecule has 116 valence electrons. The molecule has 1 aromatic rings. The number of hydrogen-bond acceptors (Lipinski definition) is 4. The number of rotatable bonds is 4. The summed E-state index contributed by atoms with van der Waals surface area (Å²) >= 11 is 0. The number of morpholine rings is 1. The van der Waals surface area contributed by atoms with Crippen LogP contribution >= 0.6 is 0 Å². The third-order valence-corrected chi connectivity index (χ3v) is 3.80. The monoisotopic (exact) mass is 295 g/mol. The van der Waals surface area contributed by atoms with Gasteiger partial charge in [0.2, 0.25) is 5.91 Å². The molecule has 3 N–H and O–H groups in total. The van der Waals surface area contributed by atoms with Gasteiger partial charge < -0.3 is 15.8 Å². The van der Waals surface area contributed by atoms with Gasteiger partial charge in [-0.1, -0.05) is 18.2 Å². The second-order valence-corrected chi connectivity index (χ2v) is 5.27. The van der Waals surface area contributed by atoms with E-state index in [0.29, 0.717) is 18.7 Å². The van der Waals surface area contributed by atoms with Crippen LogP contribution in [0, 0.1) is 5.82 Å². The summed E-state index contributed by atoms with van der Waals surface area (Å²) in [6.07, 6.45) is 0. The lowest BCUT2D eigenvalue weighted by Gasteiger charge is -2.41. The molecule has 0 spiro atoms. The molecule has 0 aromatic heterocycles. The number of carbonyl (C=O) groups is 1. The Morgan fingerprint density at radius 3 is 2.86 bits per heavy atom. The fraction of sp³-hybridized carbons (Fsp3) is 0.533. The van der Waals surface area contributed by atoms with Crippen LogP contribution in [-0.2, 0) is 9.53 Å². The van der Waals surface area contributed by atoms with Crippen LogP contribution in [0.15, 0.2) is 24.3 Å². The molecule has 0 bridgehead atoms. The Balaban J connectivity index is 2.36. The molecule has 1 saturated heterocycles. The Bertz CT molecular complexity index is 496. The summed E-state index contributed by atoms with van der Waals surface area (Å²) in [4.78, 5) is 14.0. The topological polar surface area (TPSA) is 67.6 Å². The number of halogens is 1. The van der Waals surface area contributed by atoms with E-state index in [0.717, 1.165) is 0 Å². The van der Waals surface area contributed by atoms with Crippen molar-refractivity contribution in [3.63, 3.8) is 0 Å². The van der Waals surface area contributed by atoms with E-state index in [2.05, 4.69) is 5.32 Å². The molecular weight excluding hydrogens is 273 g/mol. The fourth-order valence-corrected chi connectivity index (χ4v) is 2.82. The van der Waals surface area contributed by atoms with Gasteiger partial charge in [-0.3, -0.25) is 9.69 Å². The Hall–Kier alpha value is -1.50. The van der Waals surface area contributed by atoms with Gasteiger partial charge in [-0.05, 0) is 13.0 Å². The lowest BCUT2D eigenvalue weighted by Crippen LogP contribution is -2.57. The van der Waals surface area contributed by atoms with E-state index in [1.54, 1.807) is 25.2 Å². The molecule has 5 nitrogen and oxygen atoms in total. The van der Waals surface area contributed by atoms with Crippen LogP contribution in [-0.4, -0.2) is 49.7 Å². The van der Waals surface area contributed by atoms with Gasteiger partial charge in [0.05, 0.1) is 19.3 Å². The van der Waals surface area contributed by atoms with E-state index < -0.39 is 6.04 Å². The molecular formula is C15H22FN3O2. The maximum absolute atomic E-state index is 14.2. The standard InChI is InChI=1S/C15H22FN3O2/c1-10(17)14(11-5-3-4-6-12(11)16)19-7-8-21-9-13(19)15(20)18-2/h3-6,10,13-14H,7-9,17H2,1-2H3,(H,18,20). The normalized spacial score (nSPS) is 22.6. The van der Waals surface area contributed by atoms with Gasteiger partial charge in [-0.15, -0.1) is 0 Å². The van der Waals surface area contributed by atoms with Gasteiger partial charge in [-0.2, -0.15) is 0 Å². The second-order valence-electron chi connectivity index (χ2n) is 5.27. The lowest BCUT2D eigenvalue weighted by molar-refractivity contribution is -0.134. The first kappa shape index (κ1) is 15.9. The Morgan fingerprint density at radius 2 is 2.24 bits per heavy atom. The summed E-state index contributed by atoms with van der Waals surface area (Å²) in [6.45, 7) is 3.16. The fourth-order valence-electron chi connectivity index (χ4n) is 2.82. The number of benzene rings is 1. The van der Waals surface area contributed by atoms with E-state index in [-0.39, 0.29) is 30.4 Å². The Kier molecular flexibility index (Phi) is 5.27. The van der Waals surface area contributed by atoms with Crippen LogP contribution in [0.5, 0.6) is 0 Å². The maximum atomic E-state index is 14.2. The summed E-state index contributed by atoms with van der Waals surface area (Å²) in [6, 6.07) is 5.43. The highest BCUT2D eigenvalue weighted by Gasteiger charge is 2.37. The molecule has 1 aliphatic heterocycles. The first-order chi connectivity index (χ1) is 10.1. The Labute approximate surface area is 124 Å². The van der Waals surface area contributed by atoms with E-state index in [9.17, 15) is 9.18 Å². The number of nitrogens with zero attached hydrogens (tertiary/aromatic N) is 1. The van der Waals surface area contributed by atoms with Gasteiger partial charge in [0.1, 0.15) is 11.9 Å². The zero-order valence-electron chi connectivity index (χ0n) is 12.4. The SMILES string of the molecule is CNC(=O)C1COCCN1C(c1ccccc1F)C(C)N. The number of carbonyl (C=O) groups excluding carboxylic acids is 1. The van der Waals surface area contributed by atoms with E-state index in [4.69, 9.17) is 10.5 Å². The number of likely N-dealkylation sites (N-methyl/N-ethyl adjacent to an activating group) is 1. The number of ether oxygens (including phenoxy) is 1. The van der Waals surface area contributed by atoms with Crippen molar-refractivity contribution in [2.24, 2.45) is 5.73 Å². The van der Waals surface area contributed by atoms with Crippen molar-refractivity contribution in [2.75, 3.05) is 26.8 Å².